The van der Waals surface area contributed by atoms with Crippen LogP contribution in [0.5, 0.6) is 5.75 Å². The molecule has 25 heavy (non-hydrogen) atoms. The van der Waals surface area contributed by atoms with Crippen molar-refractivity contribution in [3.05, 3.63) is 59.7 Å². The van der Waals surface area contributed by atoms with Crippen LogP contribution in [-0.4, -0.2) is 46.1 Å². The van der Waals surface area contributed by atoms with E-state index in [0.717, 1.165) is 0 Å². The summed E-state index contributed by atoms with van der Waals surface area (Å²) in [6, 6.07) is 10.2. The van der Waals surface area contributed by atoms with E-state index < -0.39 is 5.97 Å². The zero-order valence-corrected chi connectivity index (χ0v) is 13.4. The topological polar surface area (TPSA) is 79.7 Å². The van der Waals surface area contributed by atoms with Crippen molar-refractivity contribution in [1.82, 2.24) is 9.88 Å². The number of benzene rings is 1. The number of pyridine rings is 1. The Bertz CT molecular complexity index is 771. The molecule has 0 saturated carbocycles. The van der Waals surface area contributed by atoms with Crippen LogP contribution in [0.4, 0.5) is 4.39 Å². The molecule has 0 atom stereocenters. The zero-order valence-electron chi connectivity index (χ0n) is 13.4. The van der Waals surface area contributed by atoms with Gasteiger partial charge in [0.25, 0.3) is 5.91 Å². The maximum absolute atomic E-state index is 12.9. The summed E-state index contributed by atoms with van der Waals surface area (Å²) in [6.07, 6.45) is 1.23. The second kappa shape index (κ2) is 7.29. The summed E-state index contributed by atoms with van der Waals surface area (Å²) in [5.41, 5.74) is -0.0295. The highest BCUT2D eigenvalue weighted by Crippen LogP contribution is 2.20. The quantitative estimate of drug-likeness (QED) is 0.922. The number of halogens is 1. The minimum Gasteiger partial charge on any atom is -0.490 e. The largest absolute Gasteiger partial charge is 0.490 e. The minimum atomic E-state index is -1.17. The lowest BCUT2D eigenvalue weighted by atomic mass is 10.1. The first-order valence-electron chi connectivity index (χ1n) is 7.95. The van der Waals surface area contributed by atoms with Gasteiger partial charge < -0.3 is 14.7 Å². The molecule has 3 rings (SSSR count). The summed E-state index contributed by atoms with van der Waals surface area (Å²) in [5.74, 6) is -1.17. The molecule has 130 valence electrons. The summed E-state index contributed by atoms with van der Waals surface area (Å²) in [5, 5.41) is 8.97. The number of carbonyl (C=O) groups is 2. The molecule has 1 aromatic heterocycles. The number of carboxylic acids is 1. The molecule has 2 heterocycles. The van der Waals surface area contributed by atoms with Gasteiger partial charge in [0.15, 0.2) is 0 Å². The van der Waals surface area contributed by atoms with E-state index in [0.29, 0.717) is 31.7 Å². The summed E-state index contributed by atoms with van der Waals surface area (Å²) in [6.45, 7) is 0.980. The summed E-state index contributed by atoms with van der Waals surface area (Å²) < 4.78 is 18.7. The molecule has 1 aliphatic heterocycles. The van der Waals surface area contributed by atoms with Crippen molar-refractivity contribution in [2.24, 2.45) is 0 Å². The summed E-state index contributed by atoms with van der Waals surface area (Å²) in [7, 11) is 0. The Labute approximate surface area is 143 Å². The third-order valence-corrected chi connectivity index (χ3v) is 4.03. The molecule has 0 aliphatic carbocycles. The number of nitrogens with zero attached hydrogens (tertiary/aromatic N) is 2. The van der Waals surface area contributed by atoms with Gasteiger partial charge in [-0.25, -0.2) is 14.2 Å². The average molecular weight is 344 g/mol. The van der Waals surface area contributed by atoms with Crippen molar-refractivity contribution in [3.63, 3.8) is 0 Å². The van der Waals surface area contributed by atoms with E-state index >= 15 is 0 Å². The van der Waals surface area contributed by atoms with Gasteiger partial charge in [-0.15, -0.1) is 0 Å². The molecule has 2 aromatic rings. The van der Waals surface area contributed by atoms with Crippen LogP contribution in [0.1, 0.15) is 33.8 Å². The Morgan fingerprint density at radius 1 is 1.08 bits per heavy atom. The van der Waals surface area contributed by atoms with Crippen LogP contribution in [0.15, 0.2) is 42.5 Å². The van der Waals surface area contributed by atoms with Crippen LogP contribution in [0.25, 0.3) is 0 Å². The number of rotatable bonds is 4. The van der Waals surface area contributed by atoms with Crippen molar-refractivity contribution in [3.8, 4) is 5.75 Å². The van der Waals surface area contributed by atoms with Crippen LogP contribution in [0, 0.1) is 5.82 Å². The zero-order chi connectivity index (χ0) is 17.8. The van der Waals surface area contributed by atoms with Crippen molar-refractivity contribution < 1.29 is 23.8 Å². The molecular formula is C18H17FN2O4. The Hall–Kier alpha value is -2.96. The van der Waals surface area contributed by atoms with Gasteiger partial charge in [-0.05, 0) is 36.4 Å². The monoisotopic (exact) mass is 344 g/mol. The van der Waals surface area contributed by atoms with Gasteiger partial charge in [0, 0.05) is 25.9 Å². The second-order valence-electron chi connectivity index (χ2n) is 5.78. The minimum absolute atomic E-state index is 0.0483. The standard InChI is InChI=1S/C18H17FN2O4/c19-12-4-6-13(7-5-12)25-14-8-10-21(11-9-14)17(22)15-2-1-3-16(20-15)18(23)24/h1-7,14H,8-11H2,(H,23,24). The number of carboxylic acid groups (broad SMARTS) is 1. The predicted octanol–water partition coefficient (Wildman–Crippen LogP) is 2.60. The molecule has 6 nitrogen and oxygen atoms in total. The SMILES string of the molecule is O=C(O)c1cccc(C(=O)N2CCC(Oc3ccc(F)cc3)CC2)n1. The van der Waals surface area contributed by atoms with E-state index in [1.807, 2.05) is 0 Å². The summed E-state index contributed by atoms with van der Waals surface area (Å²) in [4.78, 5) is 28.9. The van der Waals surface area contributed by atoms with Gasteiger partial charge >= 0.3 is 5.97 Å². The molecule has 0 unspecified atom stereocenters. The molecule has 1 fully saturated rings. The van der Waals surface area contributed by atoms with E-state index in [1.54, 1.807) is 17.0 Å². The highest BCUT2D eigenvalue weighted by molar-refractivity contribution is 5.94. The van der Waals surface area contributed by atoms with Gasteiger partial charge in [-0.2, -0.15) is 0 Å². The molecule has 7 heteroatoms. The van der Waals surface area contributed by atoms with Crippen molar-refractivity contribution in [2.45, 2.75) is 18.9 Å². The third kappa shape index (κ3) is 4.12. The smallest absolute Gasteiger partial charge is 0.354 e. The van der Waals surface area contributed by atoms with E-state index in [-0.39, 0.29) is 29.2 Å². The average Bonchev–Trinajstić information content (AvgIpc) is 2.64. The predicted molar refractivity (Wildman–Crippen MR) is 87.1 cm³/mol. The van der Waals surface area contributed by atoms with Gasteiger partial charge in [-0.3, -0.25) is 4.79 Å². The van der Waals surface area contributed by atoms with Crippen LogP contribution in [0.3, 0.4) is 0 Å². The highest BCUT2D eigenvalue weighted by Gasteiger charge is 2.25. The van der Waals surface area contributed by atoms with Crippen molar-refractivity contribution >= 4 is 11.9 Å². The summed E-state index contributed by atoms with van der Waals surface area (Å²) >= 11 is 0. The Balaban J connectivity index is 1.58. The maximum atomic E-state index is 12.9. The fourth-order valence-electron chi connectivity index (χ4n) is 2.72. The van der Waals surface area contributed by atoms with Crippen molar-refractivity contribution in [2.75, 3.05) is 13.1 Å². The normalized spacial score (nSPS) is 15.0. The Morgan fingerprint density at radius 2 is 1.72 bits per heavy atom. The fourth-order valence-corrected chi connectivity index (χ4v) is 2.72. The molecule has 0 spiro atoms. The highest BCUT2D eigenvalue weighted by atomic mass is 19.1. The van der Waals surface area contributed by atoms with Crippen LogP contribution in [-0.2, 0) is 0 Å². The van der Waals surface area contributed by atoms with Gasteiger partial charge in [0.05, 0.1) is 0 Å². The number of likely N-dealkylation sites (tertiary alicyclic amines) is 1. The number of hydrogen-bond acceptors (Lipinski definition) is 4. The second-order valence-corrected chi connectivity index (χ2v) is 5.78. The fraction of sp³-hybridized carbons (Fsp3) is 0.278. The Kier molecular flexibility index (Phi) is 4.92. The number of aromatic nitrogens is 1. The number of amides is 1. The van der Waals surface area contributed by atoms with Gasteiger partial charge in [0.2, 0.25) is 0 Å². The molecule has 1 saturated heterocycles. The first-order valence-corrected chi connectivity index (χ1v) is 7.95. The van der Waals surface area contributed by atoms with Crippen molar-refractivity contribution in [1.29, 1.82) is 0 Å². The molecule has 1 amide bonds. The van der Waals surface area contributed by atoms with E-state index in [1.165, 1.54) is 30.3 Å². The van der Waals surface area contributed by atoms with E-state index in [2.05, 4.69) is 4.98 Å². The molecule has 1 N–H and O–H groups in total. The number of hydrogen-bond donors (Lipinski definition) is 1. The molecule has 0 bridgehead atoms. The number of aromatic carboxylic acids is 1. The maximum Gasteiger partial charge on any atom is 0.354 e. The van der Waals surface area contributed by atoms with E-state index in [4.69, 9.17) is 9.84 Å². The molecule has 0 radical (unpaired) electrons. The van der Waals surface area contributed by atoms with Crippen LogP contribution >= 0.6 is 0 Å². The molecule has 1 aliphatic rings. The van der Waals surface area contributed by atoms with Gasteiger partial charge in [0.1, 0.15) is 29.1 Å². The first kappa shape index (κ1) is 16.9. The number of carbonyl (C=O) groups excluding carboxylic acids is 1. The third-order valence-electron chi connectivity index (χ3n) is 4.03. The van der Waals surface area contributed by atoms with E-state index in [9.17, 15) is 14.0 Å². The molecular weight excluding hydrogens is 327 g/mol. The van der Waals surface area contributed by atoms with Gasteiger partial charge in [-0.1, -0.05) is 6.07 Å². The number of ether oxygens (including phenoxy) is 1. The first-order chi connectivity index (χ1) is 12.0. The lowest BCUT2D eigenvalue weighted by Crippen LogP contribution is -2.42. The van der Waals surface area contributed by atoms with Crippen LogP contribution in [0.2, 0.25) is 0 Å². The number of piperidine rings is 1. The molecule has 1 aromatic carbocycles. The Morgan fingerprint density at radius 3 is 2.36 bits per heavy atom. The lowest BCUT2D eigenvalue weighted by molar-refractivity contribution is 0.0589. The van der Waals surface area contributed by atoms with Crippen LogP contribution < -0.4 is 4.74 Å². The lowest BCUT2D eigenvalue weighted by Gasteiger charge is -2.32.